The molecule has 7 nitrogen and oxygen atoms in total. The molecule has 0 radical (unpaired) electrons. The normalized spacial score (nSPS) is 16.8. The van der Waals surface area contributed by atoms with Crippen LogP contribution in [0.4, 0.5) is 24.7 Å². The number of carbonyl (C=O) groups is 2. The van der Waals surface area contributed by atoms with Gasteiger partial charge in [0, 0.05) is 44.5 Å². The molecule has 0 atom stereocenters. The Hall–Kier alpha value is -3.30. The fraction of sp³-hybridized carbons (Fsp3) is 0.409. The second-order valence-electron chi connectivity index (χ2n) is 7.78. The summed E-state index contributed by atoms with van der Waals surface area (Å²) >= 11 is 0. The maximum absolute atomic E-state index is 12.7. The number of ether oxygens (including phenoxy) is 1. The molecule has 2 amide bonds. The Morgan fingerprint density at radius 2 is 1.94 bits per heavy atom. The molecule has 1 saturated heterocycles. The summed E-state index contributed by atoms with van der Waals surface area (Å²) in [4.78, 5) is 31.6. The number of hydrogen-bond acceptors (Lipinski definition) is 5. The van der Waals surface area contributed by atoms with Crippen LogP contribution in [0.5, 0.6) is 5.75 Å². The smallest absolute Gasteiger partial charge is 0.417 e. The minimum absolute atomic E-state index is 0.0111. The second-order valence-corrected chi connectivity index (χ2v) is 7.78. The van der Waals surface area contributed by atoms with Gasteiger partial charge >= 0.3 is 6.18 Å². The van der Waals surface area contributed by atoms with Crippen LogP contribution >= 0.6 is 0 Å². The number of amides is 2. The Morgan fingerprint density at radius 1 is 1.09 bits per heavy atom. The topological polar surface area (TPSA) is 74.8 Å². The highest BCUT2D eigenvalue weighted by atomic mass is 19.4. The van der Waals surface area contributed by atoms with Crippen molar-refractivity contribution in [2.75, 3.05) is 43.0 Å². The molecule has 2 aliphatic heterocycles. The lowest BCUT2D eigenvalue weighted by Crippen LogP contribution is -2.38. The molecule has 0 spiro atoms. The van der Waals surface area contributed by atoms with Crippen molar-refractivity contribution in [3.63, 3.8) is 0 Å². The Bertz CT molecular complexity index is 995. The maximum atomic E-state index is 12.7. The van der Waals surface area contributed by atoms with Gasteiger partial charge in [-0.3, -0.25) is 9.59 Å². The van der Waals surface area contributed by atoms with E-state index < -0.39 is 11.7 Å². The minimum Gasteiger partial charge on any atom is -0.484 e. The first-order chi connectivity index (χ1) is 15.3. The van der Waals surface area contributed by atoms with Gasteiger partial charge in [0.25, 0.3) is 5.91 Å². The molecule has 0 bridgehead atoms. The average Bonchev–Trinajstić information content (AvgIpc) is 3.03. The Morgan fingerprint density at radius 3 is 2.69 bits per heavy atom. The number of benzene rings is 1. The van der Waals surface area contributed by atoms with Gasteiger partial charge < -0.3 is 19.9 Å². The quantitative estimate of drug-likeness (QED) is 0.778. The van der Waals surface area contributed by atoms with Crippen molar-refractivity contribution in [1.29, 1.82) is 0 Å². The molecule has 32 heavy (non-hydrogen) atoms. The van der Waals surface area contributed by atoms with E-state index in [1.807, 2.05) is 11.0 Å². The van der Waals surface area contributed by atoms with Crippen molar-refractivity contribution in [2.24, 2.45) is 0 Å². The first kappa shape index (κ1) is 21.9. The number of hydrogen-bond donors (Lipinski definition) is 1. The first-order valence-electron chi connectivity index (χ1n) is 10.4. The molecule has 1 aromatic heterocycles. The summed E-state index contributed by atoms with van der Waals surface area (Å²) in [6.07, 6.45) is -1.85. The largest absolute Gasteiger partial charge is 0.484 e. The maximum Gasteiger partial charge on any atom is 0.417 e. The molecular weight excluding hydrogens is 425 g/mol. The molecule has 170 valence electrons. The van der Waals surface area contributed by atoms with Crippen molar-refractivity contribution in [2.45, 2.75) is 25.4 Å². The zero-order valence-corrected chi connectivity index (χ0v) is 17.3. The highest BCUT2D eigenvalue weighted by Crippen LogP contribution is 2.30. The predicted molar refractivity (Wildman–Crippen MR) is 112 cm³/mol. The summed E-state index contributed by atoms with van der Waals surface area (Å²) < 4.78 is 43.9. The zero-order valence-electron chi connectivity index (χ0n) is 17.3. The third kappa shape index (κ3) is 5.12. The fourth-order valence-corrected chi connectivity index (χ4v) is 3.82. The number of nitrogens with one attached hydrogen (secondary N) is 1. The van der Waals surface area contributed by atoms with Crippen molar-refractivity contribution in [3.8, 4) is 5.75 Å². The minimum atomic E-state index is -4.42. The first-order valence-corrected chi connectivity index (χ1v) is 10.4. The summed E-state index contributed by atoms with van der Waals surface area (Å²) in [6, 6.07) is 7.71. The van der Waals surface area contributed by atoms with Crippen molar-refractivity contribution in [1.82, 2.24) is 9.88 Å². The molecule has 3 heterocycles. The van der Waals surface area contributed by atoms with E-state index in [1.165, 1.54) is 6.07 Å². The van der Waals surface area contributed by atoms with Crippen molar-refractivity contribution >= 4 is 23.3 Å². The van der Waals surface area contributed by atoms with Gasteiger partial charge in [0.2, 0.25) is 5.91 Å². The molecule has 1 aromatic carbocycles. The number of halogens is 3. The number of fused-ring (bicyclic) bond motifs is 1. The fourth-order valence-electron chi connectivity index (χ4n) is 3.82. The number of aryl methyl sites for hydroxylation is 1. The van der Waals surface area contributed by atoms with Crippen LogP contribution in [0.1, 0.15) is 24.0 Å². The number of nitrogens with zero attached hydrogens (tertiary/aromatic N) is 3. The van der Waals surface area contributed by atoms with E-state index in [0.29, 0.717) is 57.0 Å². The van der Waals surface area contributed by atoms with Crippen LogP contribution in [0.25, 0.3) is 0 Å². The molecule has 2 aromatic rings. The lowest BCUT2D eigenvalue weighted by Gasteiger charge is -2.23. The summed E-state index contributed by atoms with van der Waals surface area (Å²) in [5.74, 6) is 0.865. The summed E-state index contributed by atoms with van der Waals surface area (Å²) in [7, 11) is 0. The molecule has 0 saturated carbocycles. The van der Waals surface area contributed by atoms with E-state index in [9.17, 15) is 22.8 Å². The van der Waals surface area contributed by atoms with Crippen LogP contribution in [-0.4, -0.2) is 54.5 Å². The van der Waals surface area contributed by atoms with Gasteiger partial charge in [-0.2, -0.15) is 13.2 Å². The van der Waals surface area contributed by atoms with Gasteiger partial charge in [-0.25, -0.2) is 4.98 Å². The highest BCUT2D eigenvalue weighted by Gasteiger charge is 2.31. The van der Waals surface area contributed by atoms with Crippen LogP contribution in [0, 0.1) is 0 Å². The summed E-state index contributed by atoms with van der Waals surface area (Å²) in [6.45, 7) is 1.93. The number of anilines is 2. The lowest BCUT2D eigenvalue weighted by atomic mass is 10.0. The number of aromatic nitrogens is 1. The van der Waals surface area contributed by atoms with Crippen LogP contribution in [0.3, 0.4) is 0 Å². The van der Waals surface area contributed by atoms with Gasteiger partial charge in [-0.1, -0.05) is 0 Å². The standard InChI is InChI=1S/C22H23F3N4O3/c23-22(24,25)16-3-6-19(26-13-16)28-8-1-9-29(11-10-28)21(31)14-32-17-4-5-18-15(12-17)2-7-20(30)27-18/h3-6,12-13H,1-2,7-11,14H2,(H,27,30). The Balaban J connectivity index is 1.30. The molecule has 10 heteroatoms. The Kier molecular flexibility index (Phi) is 6.20. The number of carbonyl (C=O) groups excluding carboxylic acids is 2. The van der Waals surface area contributed by atoms with E-state index >= 15 is 0 Å². The second kappa shape index (κ2) is 9.05. The highest BCUT2D eigenvalue weighted by molar-refractivity contribution is 5.94. The molecule has 2 aliphatic rings. The molecule has 0 unspecified atom stereocenters. The van der Waals surface area contributed by atoms with E-state index in [1.54, 1.807) is 17.0 Å². The molecule has 0 aliphatic carbocycles. The van der Waals surface area contributed by atoms with Crippen LogP contribution in [0.2, 0.25) is 0 Å². The number of rotatable bonds is 4. The van der Waals surface area contributed by atoms with Gasteiger partial charge in [0.05, 0.1) is 5.56 Å². The molecule has 4 rings (SSSR count). The van der Waals surface area contributed by atoms with Gasteiger partial charge in [-0.15, -0.1) is 0 Å². The van der Waals surface area contributed by atoms with E-state index in [4.69, 9.17) is 4.74 Å². The predicted octanol–water partition coefficient (Wildman–Crippen LogP) is 3.10. The Labute approximate surface area is 183 Å². The van der Waals surface area contributed by atoms with Gasteiger partial charge in [0.15, 0.2) is 6.61 Å². The van der Waals surface area contributed by atoms with E-state index in [0.717, 1.165) is 23.5 Å². The third-order valence-electron chi connectivity index (χ3n) is 5.58. The van der Waals surface area contributed by atoms with Crippen LogP contribution < -0.4 is 15.0 Å². The summed E-state index contributed by atoms with van der Waals surface area (Å²) in [5, 5.41) is 2.80. The van der Waals surface area contributed by atoms with Crippen molar-refractivity contribution in [3.05, 3.63) is 47.7 Å². The molecule has 1 fully saturated rings. The summed E-state index contributed by atoms with van der Waals surface area (Å²) in [5.41, 5.74) is 0.961. The number of pyridine rings is 1. The van der Waals surface area contributed by atoms with Gasteiger partial charge in [0.1, 0.15) is 11.6 Å². The third-order valence-corrected chi connectivity index (χ3v) is 5.58. The SMILES string of the molecule is O=C1CCc2cc(OCC(=O)N3CCCN(c4ccc(C(F)(F)F)cn4)CC3)ccc2N1. The van der Waals surface area contributed by atoms with Gasteiger partial charge in [-0.05, 0) is 48.7 Å². The van der Waals surface area contributed by atoms with Crippen molar-refractivity contribution < 1.29 is 27.5 Å². The van der Waals surface area contributed by atoms with Crippen LogP contribution in [0.15, 0.2) is 36.5 Å². The lowest BCUT2D eigenvalue weighted by molar-refractivity contribution is -0.138. The van der Waals surface area contributed by atoms with Crippen LogP contribution in [-0.2, 0) is 22.2 Å². The van der Waals surface area contributed by atoms with E-state index in [2.05, 4.69) is 10.3 Å². The zero-order chi connectivity index (χ0) is 22.7. The monoisotopic (exact) mass is 448 g/mol. The number of alkyl halides is 3. The molecule has 1 N–H and O–H groups in total. The molecular formula is C22H23F3N4O3. The van der Waals surface area contributed by atoms with E-state index in [-0.39, 0.29) is 18.4 Å². The average molecular weight is 448 g/mol.